The van der Waals surface area contributed by atoms with E-state index in [9.17, 15) is 9.59 Å². The standard InChI is InChI=1S/C18H25N3O3.C2H6/c1-14-18(2,3)19-17(23)20(14)12-16(21(13-22)24-4)11-10-15-8-6-5-7-9-15;1-2/h5-9,13,16H,1,10-12H2,2-4H3,(H,19,23);1-2H3. The van der Waals surface area contributed by atoms with Gasteiger partial charge in [0, 0.05) is 5.70 Å². The van der Waals surface area contributed by atoms with Crippen molar-refractivity contribution in [3.05, 3.63) is 48.2 Å². The van der Waals surface area contributed by atoms with Gasteiger partial charge in [-0.05, 0) is 32.3 Å². The molecule has 0 aromatic heterocycles. The first-order chi connectivity index (χ1) is 12.4. The van der Waals surface area contributed by atoms with Gasteiger partial charge < -0.3 is 5.32 Å². The number of hydrogen-bond acceptors (Lipinski definition) is 3. The fourth-order valence-electron chi connectivity index (χ4n) is 2.83. The topological polar surface area (TPSA) is 61.9 Å². The van der Waals surface area contributed by atoms with Crippen LogP contribution >= 0.6 is 0 Å². The lowest BCUT2D eigenvalue weighted by Crippen LogP contribution is -2.43. The molecular formula is C20H31N3O3. The molecule has 0 spiro atoms. The van der Waals surface area contributed by atoms with Crippen LogP contribution in [0.25, 0.3) is 0 Å². The fourth-order valence-corrected chi connectivity index (χ4v) is 2.83. The molecule has 1 aliphatic heterocycles. The van der Waals surface area contributed by atoms with Crippen LogP contribution in [0.5, 0.6) is 0 Å². The van der Waals surface area contributed by atoms with Crippen LogP contribution < -0.4 is 5.32 Å². The molecule has 1 aliphatic rings. The third-order valence-electron chi connectivity index (χ3n) is 4.39. The summed E-state index contributed by atoms with van der Waals surface area (Å²) in [5.74, 6) is 0. The molecule has 1 fully saturated rings. The van der Waals surface area contributed by atoms with Crippen molar-refractivity contribution in [1.29, 1.82) is 0 Å². The highest BCUT2D eigenvalue weighted by Gasteiger charge is 2.40. The number of hydroxylamine groups is 2. The molecule has 0 aliphatic carbocycles. The van der Waals surface area contributed by atoms with Crippen LogP contribution in [-0.2, 0) is 16.1 Å². The van der Waals surface area contributed by atoms with Crippen molar-refractivity contribution in [1.82, 2.24) is 15.3 Å². The van der Waals surface area contributed by atoms with Gasteiger partial charge in [0.15, 0.2) is 0 Å². The number of urea groups is 1. The Morgan fingerprint density at radius 1 is 1.31 bits per heavy atom. The predicted molar refractivity (Wildman–Crippen MR) is 103 cm³/mol. The van der Waals surface area contributed by atoms with Crippen LogP contribution in [-0.4, -0.2) is 47.6 Å². The summed E-state index contributed by atoms with van der Waals surface area (Å²) in [4.78, 5) is 30.3. The van der Waals surface area contributed by atoms with E-state index >= 15 is 0 Å². The summed E-state index contributed by atoms with van der Waals surface area (Å²) in [6.07, 6.45) is 2.11. The number of carbonyl (C=O) groups is 2. The van der Waals surface area contributed by atoms with Crippen LogP contribution in [0, 0.1) is 0 Å². The Morgan fingerprint density at radius 3 is 2.38 bits per heavy atom. The molecule has 1 saturated heterocycles. The number of rotatable bonds is 8. The first kappa shape index (κ1) is 21.7. The quantitative estimate of drug-likeness (QED) is 0.570. The number of nitrogens with one attached hydrogen (secondary N) is 1. The summed E-state index contributed by atoms with van der Waals surface area (Å²) in [6.45, 7) is 12.2. The largest absolute Gasteiger partial charge is 0.327 e. The number of carbonyl (C=O) groups excluding carboxylic acids is 2. The molecular weight excluding hydrogens is 330 g/mol. The molecule has 1 aromatic rings. The Hall–Kier alpha value is -2.34. The number of nitrogens with zero attached hydrogens (tertiary/aromatic N) is 2. The lowest BCUT2D eigenvalue weighted by molar-refractivity contribution is -0.175. The highest BCUT2D eigenvalue weighted by molar-refractivity contribution is 5.81. The predicted octanol–water partition coefficient (Wildman–Crippen LogP) is 3.35. The van der Waals surface area contributed by atoms with Gasteiger partial charge in [0.25, 0.3) is 0 Å². The Bertz CT molecular complexity index is 602. The van der Waals surface area contributed by atoms with E-state index < -0.39 is 5.54 Å². The Balaban J connectivity index is 0.00000163. The molecule has 6 heteroatoms. The Kier molecular flexibility index (Phi) is 8.32. The van der Waals surface area contributed by atoms with E-state index in [1.807, 2.05) is 58.0 Å². The zero-order valence-corrected chi connectivity index (χ0v) is 16.5. The molecule has 1 heterocycles. The highest BCUT2D eigenvalue weighted by Crippen LogP contribution is 2.26. The second kappa shape index (κ2) is 9.97. The summed E-state index contributed by atoms with van der Waals surface area (Å²) in [6, 6.07) is 9.56. The van der Waals surface area contributed by atoms with Crippen molar-refractivity contribution >= 4 is 12.4 Å². The van der Waals surface area contributed by atoms with Gasteiger partial charge in [0.1, 0.15) is 0 Å². The van der Waals surface area contributed by atoms with E-state index in [1.165, 1.54) is 17.7 Å². The van der Waals surface area contributed by atoms with Gasteiger partial charge in [0.2, 0.25) is 6.41 Å². The molecule has 26 heavy (non-hydrogen) atoms. The maximum absolute atomic E-state index is 12.2. The molecule has 1 atom stereocenters. The minimum Gasteiger partial charge on any atom is -0.327 e. The van der Waals surface area contributed by atoms with Crippen LogP contribution in [0.2, 0.25) is 0 Å². The monoisotopic (exact) mass is 361 g/mol. The van der Waals surface area contributed by atoms with E-state index in [0.717, 1.165) is 6.42 Å². The van der Waals surface area contributed by atoms with Crippen molar-refractivity contribution in [3.8, 4) is 0 Å². The number of amides is 3. The van der Waals surface area contributed by atoms with Gasteiger partial charge in [0.05, 0.1) is 25.2 Å². The zero-order chi connectivity index (χ0) is 19.7. The molecule has 0 radical (unpaired) electrons. The van der Waals surface area contributed by atoms with Gasteiger partial charge in [-0.25, -0.2) is 9.86 Å². The lowest BCUT2D eigenvalue weighted by atomic mass is 10.0. The van der Waals surface area contributed by atoms with Crippen LogP contribution in [0.15, 0.2) is 42.6 Å². The van der Waals surface area contributed by atoms with Gasteiger partial charge in [-0.2, -0.15) is 0 Å². The van der Waals surface area contributed by atoms with E-state index in [1.54, 1.807) is 4.90 Å². The normalized spacial score (nSPS) is 16.4. The molecule has 0 bridgehead atoms. The minimum atomic E-state index is -0.486. The Morgan fingerprint density at radius 2 is 1.92 bits per heavy atom. The fraction of sp³-hybridized carbons (Fsp3) is 0.500. The smallest absolute Gasteiger partial charge is 0.322 e. The average molecular weight is 361 g/mol. The second-order valence-corrected chi connectivity index (χ2v) is 6.44. The van der Waals surface area contributed by atoms with Crippen LogP contribution in [0.4, 0.5) is 4.79 Å². The van der Waals surface area contributed by atoms with E-state index in [4.69, 9.17) is 4.84 Å². The number of benzene rings is 1. The summed E-state index contributed by atoms with van der Waals surface area (Å²) < 4.78 is 0. The molecule has 3 amide bonds. The average Bonchev–Trinajstić information content (AvgIpc) is 2.84. The second-order valence-electron chi connectivity index (χ2n) is 6.44. The molecule has 1 unspecified atom stereocenters. The molecule has 1 N–H and O–H groups in total. The third kappa shape index (κ3) is 5.33. The Labute approximate surface area is 156 Å². The summed E-state index contributed by atoms with van der Waals surface area (Å²) in [7, 11) is 1.45. The van der Waals surface area contributed by atoms with E-state index in [2.05, 4.69) is 11.9 Å². The van der Waals surface area contributed by atoms with Gasteiger partial charge in [-0.3, -0.25) is 14.5 Å². The molecule has 6 nitrogen and oxygen atoms in total. The third-order valence-corrected chi connectivity index (χ3v) is 4.39. The summed E-state index contributed by atoms with van der Waals surface area (Å²) in [5, 5.41) is 4.15. The summed E-state index contributed by atoms with van der Waals surface area (Å²) in [5.41, 5.74) is 1.38. The highest BCUT2D eigenvalue weighted by atomic mass is 16.7. The van der Waals surface area contributed by atoms with Crippen molar-refractivity contribution in [3.63, 3.8) is 0 Å². The number of hydrogen-bond donors (Lipinski definition) is 1. The first-order valence-corrected chi connectivity index (χ1v) is 8.99. The SMILES string of the molecule is C=C1N(CC(CCc2ccccc2)N(C=O)OC)C(=O)NC1(C)C.CC. The summed E-state index contributed by atoms with van der Waals surface area (Å²) >= 11 is 0. The maximum atomic E-state index is 12.2. The van der Waals surface area contributed by atoms with Crippen molar-refractivity contribution in [2.24, 2.45) is 0 Å². The van der Waals surface area contributed by atoms with E-state index in [0.29, 0.717) is 25.1 Å². The molecule has 2 rings (SSSR count). The van der Waals surface area contributed by atoms with Gasteiger partial charge >= 0.3 is 6.03 Å². The number of aryl methyl sites for hydroxylation is 1. The van der Waals surface area contributed by atoms with Crippen LogP contribution in [0.3, 0.4) is 0 Å². The first-order valence-electron chi connectivity index (χ1n) is 8.99. The van der Waals surface area contributed by atoms with E-state index in [-0.39, 0.29) is 12.1 Å². The van der Waals surface area contributed by atoms with Gasteiger partial charge in [-0.1, -0.05) is 50.8 Å². The van der Waals surface area contributed by atoms with Crippen molar-refractivity contribution in [2.45, 2.75) is 52.1 Å². The zero-order valence-electron chi connectivity index (χ0n) is 16.5. The molecule has 144 valence electrons. The molecule has 1 aromatic carbocycles. The van der Waals surface area contributed by atoms with Crippen molar-refractivity contribution < 1.29 is 14.4 Å². The maximum Gasteiger partial charge on any atom is 0.322 e. The van der Waals surface area contributed by atoms with Crippen molar-refractivity contribution in [2.75, 3.05) is 13.7 Å². The lowest BCUT2D eigenvalue weighted by Gasteiger charge is -2.30. The van der Waals surface area contributed by atoms with Crippen LogP contribution in [0.1, 0.15) is 39.7 Å². The van der Waals surface area contributed by atoms with Gasteiger partial charge in [-0.15, -0.1) is 0 Å². The minimum absolute atomic E-state index is 0.198. The molecule has 0 saturated carbocycles.